The van der Waals surface area contributed by atoms with Crippen LogP contribution in [-0.2, 0) is 4.74 Å². The number of nitrogen functional groups attached to an aromatic ring is 1. The molecule has 1 saturated heterocycles. The number of hydrogen-bond acceptors (Lipinski definition) is 5. The van der Waals surface area contributed by atoms with Crippen LogP contribution in [0.15, 0.2) is 18.3 Å². The summed E-state index contributed by atoms with van der Waals surface area (Å²) < 4.78 is 5.32. The largest absolute Gasteiger partial charge is 0.396 e. The van der Waals surface area contributed by atoms with Gasteiger partial charge in [0.05, 0.1) is 18.9 Å². The lowest BCUT2D eigenvalue weighted by Crippen LogP contribution is -2.42. The Morgan fingerprint density at radius 3 is 3.00 bits per heavy atom. The number of rotatable bonds is 4. The highest BCUT2D eigenvalue weighted by Gasteiger charge is 2.14. The van der Waals surface area contributed by atoms with Crippen LogP contribution in [-0.4, -0.2) is 48.8 Å². The Labute approximate surface area is 102 Å². The van der Waals surface area contributed by atoms with Gasteiger partial charge in [-0.3, -0.25) is 4.90 Å². The van der Waals surface area contributed by atoms with Gasteiger partial charge in [-0.25, -0.2) is 4.98 Å². The number of hydrogen-bond donors (Lipinski definition) is 2. The predicted octanol–water partition coefficient (Wildman–Crippen LogP) is 0.796. The number of nitrogens with zero attached hydrogens (tertiary/aromatic N) is 2. The lowest BCUT2D eigenvalue weighted by atomic mass is 10.2. The molecule has 1 atom stereocenters. The van der Waals surface area contributed by atoms with Crippen molar-refractivity contribution < 1.29 is 4.74 Å². The zero-order chi connectivity index (χ0) is 12.1. The molecule has 1 fully saturated rings. The van der Waals surface area contributed by atoms with Gasteiger partial charge in [-0.2, -0.15) is 0 Å². The lowest BCUT2D eigenvalue weighted by molar-refractivity contribution is 0.0368. The highest BCUT2D eigenvalue weighted by Crippen LogP contribution is 2.14. The Morgan fingerprint density at radius 1 is 1.53 bits per heavy atom. The third-order valence-electron chi connectivity index (χ3n) is 2.86. The predicted molar refractivity (Wildman–Crippen MR) is 69.0 cm³/mol. The van der Waals surface area contributed by atoms with Gasteiger partial charge < -0.3 is 15.8 Å². The third-order valence-corrected chi connectivity index (χ3v) is 2.86. The molecule has 5 nitrogen and oxygen atoms in total. The number of anilines is 2. The molecule has 0 radical (unpaired) electrons. The van der Waals surface area contributed by atoms with E-state index in [9.17, 15) is 0 Å². The number of aromatic nitrogens is 1. The Bertz CT molecular complexity index is 352. The maximum atomic E-state index is 5.84. The molecule has 5 heteroatoms. The molecule has 0 amide bonds. The summed E-state index contributed by atoms with van der Waals surface area (Å²) in [6.07, 6.45) is 1.75. The molecule has 1 aromatic heterocycles. The summed E-state index contributed by atoms with van der Waals surface area (Å²) in [5.41, 5.74) is 6.54. The van der Waals surface area contributed by atoms with Crippen LogP contribution >= 0.6 is 0 Å². The van der Waals surface area contributed by atoms with E-state index in [1.54, 1.807) is 6.20 Å². The fourth-order valence-electron chi connectivity index (χ4n) is 1.99. The summed E-state index contributed by atoms with van der Waals surface area (Å²) in [7, 11) is 0. The molecule has 1 aliphatic heterocycles. The van der Waals surface area contributed by atoms with Gasteiger partial charge in [-0.1, -0.05) is 0 Å². The van der Waals surface area contributed by atoms with Crippen molar-refractivity contribution in [2.24, 2.45) is 0 Å². The Morgan fingerprint density at radius 2 is 2.29 bits per heavy atom. The molecule has 1 aromatic rings. The van der Waals surface area contributed by atoms with Crippen molar-refractivity contribution in [1.29, 1.82) is 0 Å². The smallest absolute Gasteiger partial charge is 0.149 e. The van der Waals surface area contributed by atoms with Crippen molar-refractivity contribution in [2.45, 2.75) is 13.0 Å². The van der Waals surface area contributed by atoms with Crippen molar-refractivity contribution in [3.05, 3.63) is 18.3 Å². The van der Waals surface area contributed by atoms with E-state index in [2.05, 4.69) is 22.1 Å². The molecule has 94 valence electrons. The Balaban J connectivity index is 1.84. The standard InChI is InChI=1S/C12H20N4O/c1-10(9-16-5-7-17-8-6-16)15-12-11(13)3-2-4-14-12/h2-4,10H,5-9,13H2,1H3,(H,14,15). The van der Waals surface area contributed by atoms with Gasteiger partial charge in [0, 0.05) is 31.9 Å². The number of nitrogens with one attached hydrogen (secondary N) is 1. The monoisotopic (exact) mass is 236 g/mol. The van der Waals surface area contributed by atoms with Crippen molar-refractivity contribution in [3.63, 3.8) is 0 Å². The second kappa shape index (κ2) is 5.84. The highest BCUT2D eigenvalue weighted by molar-refractivity contribution is 5.60. The first-order valence-electron chi connectivity index (χ1n) is 6.03. The SMILES string of the molecule is CC(CN1CCOCC1)Nc1ncccc1N. The first-order chi connectivity index (χ1) is 8.25. The summed E-state index contributed by atoms with van der Waals surface area (Å²) in [4.78, 5) is 6.62. The minimum absolute atomic E-state index is 0.324. The van der Waals surface area contributed by atoms with E-state index in [4.69, 9.17) is 10.5 Å². The van der Waals surface area contributed by atoms with E-state index in [1.165, 1.54) is 0 Å². The maximum Gasteiger partial charge on any atom is 0.149 e. The average Bonchev–Trinajstić information content (AvgIpc) is 2.33. The topological polar surface area (TPSA) is 63.4 Å². The molecule has 17 heavy (non-hydrogen) atoms. The normalized spacial score (nSPS) is 18.9. The molecular weight excluding hydrogens is 216 g/mol. The molecule has 0 aliphatic carbocycles. The third kappa shape index (κ3) is 3.57. The molecule has 0 aromatic carbocycles. The van der Waals surface area contributed by atoms with Gasteiger partial charge in [0.1, 0.15) is 5.82 Å². The van der Waals surface area contributed by atoms with E-state index in [0.29, 0.717) is 11.7 Å². The highest BCUT2D eigenvalue weighted by atomic mass is 16.5. The van der Waals surface area contributed by atoms with Gasteiger partial charge in [0.2, 0.25) is 0 Å². The summed E-state index contributed by atoms with van der Waals surface area (Å²) >= 11 is 0. The van der Waals surface area contributed by atoms with Gasteiger partial charge in [-0.15, -0.1) is 0 Å². The van der Waals surface area contributed by atoms with Crippen LogP contribution in [0.1, 0.15) is 6.92 Å². The van der Waals surface area contributed by atoms with Gasteiger partial charge in [0.15, 0.2) is 0 Å². The maximum absolute atomic E-state index is 5.84. The quantitative estimate of drug-likeness (QED) is 0.809. The molecule has 3 N–H and O–H groups in total. The Hall–Kier alpha value is -1.33. The average molecular weight is 236 g/mol. The van der Waals surface area contributed by atoms with Crippen LogP contribution in [0.5, 0.6) is 0 Å². The van der Waals surface area contributed by atoms with Crippen molar-refractivity contribution in [2.75, 3.05) is 43.9 Å². The zero-order valence-corrected chi connectivity index (χ0v) is 10.2. The van der Waals surface area contributed by atoms with E-state index >= 15 is 0 Å². The molecule has 2 rings (SSSR count). The fraction of sp³-hybridized carbons (Fsp3) is 0.583. The minimum Gasteiger partial charge on any atom is -0.396 e. The number of pyridine rings is 1. The first-order valence-corrected chi connectivity index (χ1v) is 6.03. The second-order valence-electron chi connectivity index (χ2n) is 4.40. The number of nitrogens with two attached hydrogens (primary N) is 1. The van der Waals surface area contributed by atoms with Crippen LogP contribution < -0.4 is 11.1 Å². The van der Waals surface area contributed by atoms with Crippen molar-refractivity contribution >= 4 is 11.5 Å². The van der Waals surface area contributed by atoms with Crippen LogP contribution in [0.25, 0.3) is 0 Å². The van der Waals surface area contributed by atoms with Gasteiger partial charge in [0.25, 0.3) is 0 Å². The first kappa shape index (κ1) is 12.1. The van der Waals surface area contributed by atoms with Crippen LogP contribution in [0.2, 0.25) is 0 Å². The molecule has 1 aliphatic rings. The minimum atomic E-state index is 0.324. The van der Waals surface area contributed by atoms with E-state index in [1.807, 2.05) is 12.1 Å². The van der Waals surface area contributed by atoms with E-state index in [0.717, 1.165) is 38.7 Å². The van der Waals surface area contributed by atoms with Crippen LogP contribution in [0.3, 0.4) is 0 Å². The summed E-state index contributed by atoms with van der Waals surface area (Å²) in [6.45, 7) is 6.80. The van der Waals surface area contributed by atoms with Gasteiger partial charge in [-0.05, 0) is 19.1 Å². The lowest BCUT2D eigenvalue weighted by Gasteiger charge is -2.29. The van der Waals surface area contributed by atoms with Crippen LogP contribution in [0, 0.1) is 0 Å². The zero-order valence-electron chi connectivity index (χ0n) is 10.2. The Kier molecular flexibility index (Phi) is 4.17. The summed E-state index contributed by atoms with van der Waals surface area (Å²) in [5.74, 6) is 0.772. The van der Waals surface area contributed by atoms with Gasteiger partial charge >= 0.3 is 0 Å². The molecule has 0 spiro atoms. The molecule has 0 bridgehead atoms. The number of ether oxygens (including phenoxy) is 1. The van der Waals surface area contributed by atoms with E-state index in [-0.39, 0.29) is 0 Å². The van der Waals surface area contributed by atoms with E-state index < -0.39 is 0 Å². The second-order valence-corrected chi connectivity index (χ2v) is 4.40. The van der Waals surface area contributed by atoms with Crippen molar-refractivity contribution in [1.82, 2.24) is 9.88 Å². The van der Waals surface area contributed by atoms with Crippen LogP contribution in [0.4, 0.5) is 11.5 Å². The molecule has 2 heterocycles. The molecule has 1 unspecified atom stereocenters. The summed E-state index contributed by atoms with van der Waals surface area (Å²) in [5, 5.41) is 3.34. The van der Waals surface area contributed by atoms with Crippen molar-refractivity contribution in [3.8, 4) is 0 Å². The molecule has 0 saturated carbocycles. The number of morpholine rings is 1. The molecular formula is C12H20N4O. The summed E-state index contributed by atoms with van der Waals surface area (Å²) in [6, 6.07) is 4.02. The fourth-order valence-corrected chi connectivity index (χ4v) is 1.99.